The predicted molar refractivity (Wildman–Crippen MR) is 148 cm³/mol. The molecule has 206 valence electrons. The van der Waals surface area contributed by atoms with Gasteiger partial charge in [0.15, 0.2) is 0 Å². The van der Waals surface area contributed by atoms with Crippen molar-refractivity contribution in [2.75, 3.05) is 25.5 Å². The monoisotopic (exact) mass is 552 g/mol. The molecule has 6 rings (SSSR count). The fourth-order valence-corrected chi connectivity index (χ4v) is 7.13. The van der Waals surface area contributed by atoms with Crippen molar-refractivity contribution in [3.63, 3.8) is 0 Å². The number of aryl methyl sites for hydroxylation is 2. The van der Waals surface area contributed by atoms with Crippen molar-refractivity contribution in [2.24, 2.45) is 25.9 Å². The molecule has 2 unspecified atom stereocenters. The highest BCUT2D eigenvalue weighted by Crippen LogP contribution is 2.57. The fourth-order valence-electron chi connectivity index (χ4n) is 6.95. The lowest BCUT2D eigenvalue weighted by atomic mass is 9.89. The summed E-state index contributed by atoms with van der Waals surface area (Å²) < 4.78 is 17.1. The van der Waals surface area contributed by atoms with Gasteiger partial charge in [-0.05, 0) is 80.8 Å². The summed E-state index contributed by atoms with van der Waals surface area (Å²) in [5.41, 5.74) is 3.91. The zero-order chi connectivity index (χ0) is 27.5. The summed E-state index contributed by atoms with van der Waals surface area (Å²) in [5, 5.41) is 19.4. The number of nitrogens with zero attached hydrogens (tertiary/aromatic N) is 5. The summed E-state index contributed by atoms with van der Waals surface area (Å²) >= 11 is 5.89. The number of aromatic nitrogens is 4. The number of anilines is 1. The first-order valence-corrected chi connectivity index (χ1v) is 13.9. The molecule has 39 heavy (non-hydrogen) atoms. The van der Waals surface area contributed by atoms with Gasteiger partial charge in [-0.3, -0.25) is 9.48 Å². The number of carbonyl (C=O) groups is 1. The van der Waals surface area contributed by atoms with Crippen LogP contribution in [-0.2, 0) is 19.7 Å². The molecule has 3 aliphatic rings. The van der Waals surface area contributed by atoms with Crippen LogP contribution in [0, 0.1) is 17.7 Å². The largest absolute Gasteiger partial charge is 0.384 e. The van der Waals surface area contributed by atoms with Gasteiger partial charge in [-0.15, -0.1) is 0 Å². The minimum Gasteiger partial charge on any atom is -0.384 e. The molecule has 0 bridgehead atoms. The Balaban J connectivity index is 1.17. The third kappa shape index (κ3) is 4.81. The molecular formula is C29H34ClFN6O2. The zero-order valence-corrected chi connectivity index (χ0v) is 23.2. The highest BCUT2D eigenvalue weighted by Gasteiger charge is 2.51. The topological polar surface area (TPSA) is 88.2 Å². The maximum atomic E-state index is 13.6. The second kappa shape index (κ2) is 9.87. The third-order valence-electron chi connectivity index (χ3n) is 8.88. The highest BCUT2D eigenvalue weighted by atomic mass is 35.5. The second-order valence-corrected chi connectivity index (χ2v) is 12.0. The molecular weight excluding hydrogens is 519 g/mol. The molecule has 10 heteroatoms. The molecule has 3 aromatic rings. The van der Waals surface area contributed by atoms with Gasteiger partial charge in [0.05, 0.1) is 28.4 Å². The Labute approximate surface area is 232 Å². The number of imidazole rings is 1. The second-order valence-electron chi connectivity index (χ2n) is 11.6. The van der Waals surface area contributed by atoms with Crippen LogP contribution in [0.3, 0.4) is 0 Å². The van der Waals surface area contributed by atoms with Crippen molar-refractivity contribution >= 4 is 28.8 Å². The first-order chi connectivity index (χ1) is 18.6. The van der Waals surface area contributed by atoms with Gasteiger partial charge in [-0.1, -0.05) is 17.7 Å². The predicted octanol–water partition coefficient (Wildman–Crippen LogP) is 4.71. The Bertz CT molecular complexity index is 1450. The number of amides is 1. The molecule has 2 aliphatic carbocycles. The van der Waals surface area contributed by atoms with Crippen LogP contribution in [0.1, 0.15) is 65.6 Å². The van der Waals surface area contributed by atoms with Crippen LogP contribution in [-0.4, -0.2) is 55.4 Å². The molecule has 0 radical (unpaired) electrons. The van der Waals surface area contributed by atoms with Gasteiger partial charge >= 0.3 is 0 Å². The van der Waals surface area contributed by atoms with Gasteiger partial charge in [0.25, 0.3) is 5.91 Å². The van der Waals surface area contributed by atoms with Gasteiger partial charge in [0.1, 0.15) is 17.1 Å². The number of nitrogens with one attached hydrogen (secondary N) is 1. The van der Waals surface area contributed by atoms with Crippen LogP contribution >= 0.6 is 11.6 Å². The van der Waals surface area contributed by atoms with Crippen molar-refractivity contribution in [3.8, 4) is 0 Å². The van der Waals surface area contributed by atoms with Crippen LogP contribution in [0.4, 0.5) is 10.1 Å². The SMILES string of the molecule is CN1CC=C(c2cc(C3(O)CC4CC(c5ncn(C)c5C(=O)Nc5ccc(F)c(Cl)c5)CC4C3)n(C)n2)CC1. The molecule has 2 saturated carbocycles. The van der Waals surface area contributed by atoms with E-state index in [0.29, 0.717) is 36.1 Å². The first kappa shape index (κ1) is 26.2. The van der Waals surface area contributed by atoms with Gasteiger partial charge in [0.2, 0.25) is 0 Å². The maximum Gasteiger partial charge on any atom is 0.274 e. The third-order valence-corrected chi connectivity index (χ3v) is 9.17. The Hall–Kier alpha value is -3.01. The van der Waals surface area contributed by atoms with E-state index >= 15 is 0 Å². The normalized spacial score (nSPS) is 27.0. The van der Waals surface area contributed by atoms with E-state index in [0.717, 1.165) is 49.4 Å². The van der Waals surface area contributed by atoms with E-state index in [-0.39, 0.29) is 16.8 Å². The maximum absolute atomic E-state index is 13.6. The lowest BCUT2D eigenvalue weighted by molar-refractivity contribution is 0.0263. The van der Waals surface area contributed by atoms with E-state index in [2.05, 4.69) is 34.4 Å². The lowest BCUT2D eigenvalue weighted by Gasteiger charge is -2.25. The number of halogens is 2. The summed E-state index contributed by atoms with van der Waals surface area (Å²) in [6.07, 6.45) is 7.96. The molecule has 2 aromatic heterocycles. The van der Waals surface area contributed by atoms with Crippen LogP contribution in [0.15, 0.2) is 36.7 Å². The number of benzene rings is 1. The molecule has 0 saturated heterocycles. The van der Waals surface area contributed by atoms with E-state index in [4.69, 9.17) is 16.7 Å². The number of hydrogen-bond donors (Lipinski definition) is 2. The Morgan fingerprint density at radius 3 is 2.59 bits per heavy atom. The summed E-state index contributed by atoms with van der Waals surface area (Å²) in [4.78, 5) is 20.1. The standard InChI is InChI=1S/C29H34ClFN6O2/c1-35-8-6-17(7-9-35)24-13-25(37(3)34-24)29(39)14-19-10-18(11-20(19)15-29)26-27(36(2)16-32-26)28(38)33-21-4-5-23(31)22(30)12-21/h4-6,12-13,16,18-20,39H,7-11,14-15H2,1-3H3,(H,33,38). The van der Waals surface area contributed by atoms with Crippen molar-refractivity contribution in [2.45, 2.75) is 43.6 Å². The van der Waals surface area contributed by atoms with E-state index in [1.54, 1.807) is 17.9 Å². The fraction of sp³-hybridized carbons (Fsp3) is 0.483. The molecule has 2 N–H and O–H groups in total. The van der Waals surface area contributed by atoms with Gasteiger partial charge in [-0.25, -0.2) is 9.37 Å². The quantitative estimate of drug-likeness (QED) is 0.479. The summed E-state index contributed by atoms with van der Waals surface area (Å²) in [7, 11) is 5.85. The number of fused-ring (bicyclic) bond motifs is 1. The lowest BCUT2D eigenvalue weighted by Crippen LogP contribution is -2.26. The summed E-state index contributed by atoms with van der Waals surface area (Å²) in [6, 6.07) is 6.21. The smallest absolute Gasteiger partial charge is 0.274 e. The molecule has 2 atom stereocenters. The Morgan fingerprint density at radius 1 is 1.18 bits per heavy atom. The van der Waals surface area contributed by atoms with E-state index in [1.807, 2.05) is 11.7 Å². The molecule has 8 nitrogen and oxygen atoms in total. The summed E-state index contributed by atoms with van der Waals surface area (Å²) in [5.74, 6) is -0.0133. The van der Waals surface area contributed by atoms with Crippen LogP contribution < -0.4 is 5.32 Å². The Morgan fingerprint density at radius 2 is 1.92 bits per heavy atom. The molecule has 1 aliphatic heterocycles. The van der Waals surface area contributed by atoms with Gasteiger partial charge in [0, 0.05) is 38.8 Å². The number of hydrogen-bond acceptors (Lipinski definition) is 5. The van der Waals surface area contributed by atoms with Crippen molar-refractivity contribution in [1.29, 1.82) is 0 Å². The van der Waals surface area contributed by atoms with Gasteiger partial charge in [-0.2, -0.15) is 5.10 Å². The van der Waals surface area contributed by atoms with E-state index in [1.165, 1.54) is 23.8 Å². The number of likely N-dealkylation sites (N-methyl/N-ethyl adjacent to an activating group) is 1. The zero-order valence-electron chi connectivity index (χ0n) is 22.5. The first-order valence-electron chi connectivity index (χ1n) is 13.5. The minimum absolute atomic E-state index is 0.0438. The average molecular weight is 553 g/mol. The van der Waals surface area contributed by atoms with E-state index in [9.17, 15) is 14.3 Å². The number of rotatable bonds is 5. The van der Waals surface area contributed by atoms with Gasteiger partial charge < -0.3 is 19.9 Å². The number of aliphatic hydroxyl groups is 1. The van der Waals surface area contributed by atoms with Crippen molar-refractivity contribution in [3.05, 3.63) is 70.3 Å². The highest BCUT2D eigenvalue weighted by molar-refractivity contribution is 6.31. The van der Waals surface area contributed by atoms with Crippen LogP contribution in [0.25, 0.3) is 5.57 Å². The molecule has 3 heterocycles. The van der Waals surface area contributed by atoms with E-state index < -0.39 is 11.4 Å². The summed E-state index contributed by atoms with van der Waals surface area (Å²) in [6.45, 7) is 1.93. The average Bonchev–Trinajstić information content (AvgIpc) is 3.63. The number of carbonyl (C=O) groups excluding carboxylic acids is 1. The molecule has 2 fully saturated rings. The minimum atomic E-state index is -0.904. The van der Waals surface area contributed by atoms with Crippen LogP contribution in [0.5, 0.6) is 0 Å². The molecule has 1 aromatic carbocycles. The van der Waals surface area contributed by atoms with Crippen molar-refractivity contribution in [1.82, 2.24) is 24.2 Å². The molecule has 1 amide bonds. The Kier molecular flexibility index (Phi) is 6.64. The molecule has 0 spiro atoms. The van der Waals surface area contributed by atoms with Crippen molar-refractivity contribution < 1.29 is 14.3 Å². The van der Waals surface area contributed by atoms with Crippen LogP contribution in [0.2, 0.25) is 5.02 Å².